The number of aromatic nitrogens is 4. The summed E-state index contributed by atoms with van der Waals surface area (Å²) in [7, 11) is 0. The van der Waals surface area contributed by atoms with Crippen molar-refractivity contribution in [1.29, 1.82) is 0 Å². The minimum absolute atomic E-state index is 0.249. The summed E-state index contributed by atoms with van der Waals surface area (Å²) in [6.45, 7) is 3.78. The van der Waals surface area contributed by atoms with Crippen molar-refractivity contribution < 1.29 is 9.21 Å². The van der Waals surface area contributed by atoms with E-state index in [-0.39, 0.29) is 5.91 Å². The first-order valence-corrected chi connectivity index (χ1v) is 12.0. The number of hydrogen-bond acceptors (Lipinski definition) is 7. The molecule has 0 saturated carbocycles. The Kier molecular flexibility index (Phi) is 5.19. The maximum atomic E-state index is 13.0. The number of amides is 1. The van der Waals surface area contributed by atoms with Gasteiger partial charge in [0.25, 0.3) is 5.91 Å². The molecule has 6 rings (SSSR count). The highest BCUT2D eigenvalue weighted by Crippen LogP contribution is 2.29. The van der Waals surface area contributed by atoms with E-state index in [1.54, 1.807) is 40.9 Å². The van der Waals surface area contributed by atoms with Crippen LogP contribution in [0.15, 0.2) is 82.0 Å². The summed E-state index contributed by atoms with van der Waals surface area (Å²) in [6, 6.07) is 21.9. The molecule has 0 spiro atoms. The quantitative estimate of drug-likeness (QED) is 0.326. The van der Waals surface area contributed by atoms with Crippen molar-refractivity contribution in [3.05, 3.63) is 100 Å². The number of rotatable bonds is 4. The van der Waals surface area contributed by atoms with E-state index in [1.165, 1.54) is 11.3 Å². The zero-order chi connectivity index (χ0) is 24.8. The molecule has 36 heavy (non-hydrogen) atoms. The Morgan fingerprint density at radius 1 is 0.944 bits per heavy atom. The molecule has 0 aliphatic carbocycles. The SMILES string of the molecule is Cc1ccc(-c2nn3c(C)nnc3s2)cc1NC(=O)c1ccc(-c2cc3ccccc3oc2=O)cc1. The largest absolute Gasteiger partial charge is 0.422 e. The molecule has 8 nitrogen and oxygen atoms in total. The van der Waals surface area contributed by atoms with Gasteiger partial charge in [-0.3, -0.25) is 4.79 Å². The molecule has 0 atom stereocenters. The number of fused-ring (bicyclic) bond motifs is 2. The number of para-hydroxylation sites is 1. The van der Waals surface area contributed by atoms with Crippen LogP contribution in [0.4, 0.5) is 5.69 Å². The van der Waals surface area contributed by atoms with Crippen LogP contribution in [-0.2, 0) is 0 Å². The van der Waals surface area contributed by atoms with Crippen molar-refractivity contribution in [2.75, 3.05) is 5.32 Å². The highest BCUT2D eigenvalue weighted by Gasteiger charge is 2.14. The zero-order valence-corrected chi connectivity index (χ0v) is 20.2. The van der Waals surface area contributed by atoms with Gasteiger partial charge in [0.15, 0.2) is 5.82 Å². The van der Waals surface area contributed by atoms with Gasteiger partial charge in [-0.05, 0) is 55.3 Å². The summed E-state index contributed by atoms with van der Waals surface area (Å²) in [4.78, 5) is 26.2. The lowest BCUT2D eigenvalue weighted by Gasteiger charge is -2.10. The highest BCUT2D eigenvalue weighted by molar-refractivity contribution is 7.19. The lowest BCUT2D eigenvalue weighted by Crippen LogP contribution is -2.13. The van der Waals surface area contributed by atoms with E-state index in [0.29, 0.717) is 32.9 Å². The molecule has 6 aromatic rings. The molecule has 3 heterocycles. The number of hydrogen-bond donors (Lipinski definition) is 1. The number of aryl methyl sites for hydroxylation is 2. The molecular weight excluding hydrogens is 474 g/mol. The van der Waals surface area contributed by atoms with Crippen LogP contribution in [0.25, 0.3) is 37.6 Å². The smallest absolute Gasteiger partial charge is 0.344 e. The van der Waals surface area contributed by atoms with E-state index in [2.05, 4.69) is 20.6 Å². The van der Waals surface area contributed by atoms with Crippen LogP contribution in [0.2, 0.25) is 0 Å². The molecule has 0 bridgehead atoms. The molecule has 0 unspecified atom stereocenters. The molecule has 0 radical (unpaired) electrons. The monoisotopic (exact) mass is 493 g/mol. The molecule has 0 aliphatic heterocycles. The van der Waals surface area contributed by atoms with Crippen LogP contribution in [0.1, 0.15) is 21.7 Å². The molecule has 1 amide bonds. The number of carbonyl (C=O) groups excluding carboxylic acids is 1. The minimum Gasteiger partial charge on any atom is -0.422 e. The second-order valence-corrected chi connectivity index (χ2v) is 9.35. The molecule has 0 saturated heterocycles. The maximum absolute atomic E-state index is 13.0. The fourth-order valence-electron chi connectivity index (χ4n) is 3.98. The lowest BCUT2D eigenvalue weighted by molar-refractivity contribution is 0.102. The number of nitrogens with zero attached hydrogens (tertiary/aromatic N) is 4. The van der Waals surface area contributed by atoms with Crippen LogP contribution in [-0.4, -0.2) is 25.7 Å². The van der Waals surface area contributed by atoms with Crippen LogP contribution in [0.5, 0.6) is 0 Å². The Hall–Kier alpha value is -4.63. The molecular formula is C27H19N5O3S. The Morgan fingerprint density at radius 2 is 1.72 bits per heavy atom. The summed E-state index contributed by atoms with van der Waals surface area (Å²) < 4.78 is 7.14. The molecule has 0 fully saturated rings. The van der Waals surface area contributed by atoms with Gasteiger partial charge in [-0.25, -0.2) is 4.79 Å². The standard InChI is InChI=1S/C27H19N5O3S/c1-15-7-8-20(25-31-32-16(2)29-30-27(32)36-25)14-22(15)28-24(33)18-11-9-17(10-12-18)21-13-19-5-3-4-6-23(19)35-26(21)34/h3-14H,1-2H3,(H,28,33). The van der Waals surface area contributed by atoms with Gasteiger partial charge in [0.1, 0.15) is 10.6 Å². The zero-order valence-electron chi connectivity index (χ0n) is 19.4. The minimum atomic E-state index is -0.418. The van der Waals surface area contributed by atoms with Gasteiger partial charge in [-0.2, -0.15) is 9.61 Å². The first-order chi connectivity index (χ1) is 17.5. The first-order valence-electron chi connectivity index (χ1n) is 11.2. The Bertz CT molecular complexity index is 1830. The van der Waals surface area contributed by atoms with Crippen LogP contribution >= 0.6 is 11.3 Å². The second-order valence-electron chi connectivity index (χ2n) is 8.40. The summed E-state index contributed by atoms with van der Waals surface area (Å²) in [5.41, 5.74) is 4.23. The van der Waals surface area contributed by atoms with Crippen molar-refractivity contribution in [3.8, 4) is 21.7 Å². The molecule has 176 valence electrons. The van der Waals surface area contributed by atoms with Crippen molar-refractivity contribution in [3.63, 3.8) is 0 Å². The average Bonchev–Trinajstić information content (AvgIpc) is 3.47. The van der Waals surface area contributed by atoms with E-state index in [1.807, 2.05) is 50.2 Å². The van der Waals surface area contributed by atoms with Crippen molar-refractivity contribution in [2.24, 2.45) is 0 Å². The molecule has 3 aromatic carbocycles. The summed E-state index contributed by atoms with van der Waals surface area (Å²) >= 11 is 1.43. The number of carbonyl (C=O) groups is 1. The van der Waals surface area contributed by atoms with Crippen LogP contribution in [0, 0.1) is 13.8 Å². The molecule has 9 heteroatoms. The highest BCUT2D eigenvalue weighted by atomic mass is 32.1. The second kappa shape index (κ2) is 8.54. The van der Waals surface area contributed by atoms with E-state index >= 15 is 0 Å². The first kappa shape index (κ1) is 21.9. The predicted octanol–water partition coefficient (Wildman–Crippen LogP) is 5.50. The topological polar surface area (TPSA) is 102 Å². The van der Waals surface area contributed by atoms with Gasteiger partial charge in [0.05, 0.1) is 5.56 Å². The van der Waals surface area contributed by atoms with E-state index < -0.39 is 5.63 Å². The fourth-order valence-corrected chi connectivity index (χ4v) is 4.86. The third kappa shape index (κ3) is 3.85. The van der Waals surface area contributed by atoms with Crippen LogP contribution in [0.3, 0.4) is 0 Å². The third-order valence-corrected chi connectivity index (χ3v) is 6.93. The van der Waals surface area contributed by atoms with Gasteiger partial charge in [-0.1, -0.05) is 53.8 Å². The maximum Gasteiger partial charge on any atom is 0.344 e. The Morgan fingerprint density at radius 3 is 2.53 bits per heavy atom. The van der Waals surface area contributed by atoms with Gasteiger partial charge < -0.3 is 9.73 Å². The van der Waals surface area contributed by atoms with E-state index in [9.17, 15) is 9.59 Å². The Balaban J connectivity index is 1.26. The van der Waals surface area contributed by atoms with E-state index in [0.717, 1.165) is 27.3 Å². The summed E-state index contributed by atoms with van der Waals surface area (Å²) in [5, 5.41) is 17.3. The van der Waals surface area contributed by atoms with Gasteiger partial charge in [-0.15, -0.1) is 10.2 Å². The molecule has 3 aromatic heterocycles. The number of anilines is 1. The predicted molar refractivity (Wildman–Crippen MR) is 139 cm³/mol. The van der Waals surface area contributed by atoms with Gasteiger partial charge >= 0.3 is 5.63 Å². The normalized spacial score (nSPS) is 11.3. The third-order valence-electron chi connectivity index (χ3n) is 5.98. The lowest BCUT2D eigenvalue weighted by atomic mass is 10.0. The molecule has 0 aliphatic rings. The average molecular weight is 494 g/mol. The Labute approximate surface area is 208 Å². The molecule has 1 N–H and O–H groups in total. The number of benzene rings is 3. The van der Waals surface area contributed by atoms with Crippen molar-refractivity contribution in [1.82, 2.24) is 19.8 Å². The van der Waals surface area contributed by atoms with Gasteiger partial charge in [0, 0.05) is 22.2 Å². The van der Waals surface area contributed by atoms with Crippen LogP contribution < -0.4 is 10.9 Å². The fraction of sp³-hybridized carbons (Fsp3) is 0.0741. The van der Waals surface area contributed by atoms with Crippen molar-refractivity contribution in [2.45, 2.75) is 13.8 Å². The summed E-state index contributed by atoms with van der Waals surface area (Å²) in [6.07, 6.45) is 0. The number of nitrogens with one attached hydrogen (secondary N) is 1. The van der Waals surface area contributed by atoms with Crippen molar-refractivity contribution >= 4 is 38.9 Å². The van der Waals surface area contributed by atoms with Gasteiger partial charge in [0.2, 0.25) is 4.96 Å². The van der Waals surface area contributed by atoms with E-state index in [4.69, 9.17) is 4.42 Å². The summed E-state index contributed by atoms with van der Waals surface area (Å²) in [5.74, 6) is 0.472.